The number of amides is 2. The monoisotopic (exact) mass is 412 g/mol. The first-order valence-corrected chi connectivity index (χ1v) is 9.69. The first kappa shape index (κ1) is 20.0. The molecule has 1 fully saturated rings. The molecule has 1 heterocycles. The highest BCUT2D eigenvalue weighted by Crippen LogP contribution is 2.32. The molecule has 0 saturated carbocycles. The number of carbonyl (C=O) groups excluding carboxylic acids is 2. The van der Waals surface area contributed by atoms with E-state index >= 15 is 0 Å². The molecule has 0 aromatic heterocycles. The molecule has 0 unspecified atom stereocenters. The van der Waals surface area contributed by atoms with Gasteiger partial charge in [-0.05, 0) is 42.3 Å². The molecule has 2 amide bonds. The van der Waals surface area contributed by atoms with E-state index in [2.05, 4.69) is 5.32 Å². The number of allylic oxidation sites excluding steroid dienone is 2. The summed E-state index contributed by atoms with van der Waals surface area (Å²) in [4.78, 5) is 26.6. The zero-order chi connectivity index (χ0) is 20.1. The molecular weight excluding hydrogens is 395 g/mol. The zero-order valence-corrected chi connectivity index (χ0v) is 16.6. The molecule has 2 aromatic carbocycles. The van der Waals surface area contributed by atoms with Crippen LogP contribution in [0, 0.1) is 5.82 Å². The van der Waals surface area contributed by atoms with E-state index in [9.17, 15) is 14.0 Å². The second-order valence-electron chi connectivity index (χ2n) is 6.13. The van der Waals surface area contributed by atoms with Crippen molar-refractivity contribution in [3.05, 3.63) is 82.5 Å². The minimum absolute atomic E-state index is 0.222. The van der Waals surface area contributed by atoms with Crippen LogP contribution in [0.2, 0.25) is 0 Å². The Morgan fingerprint density at radius 1 is 1.21 bits per heavy atom. The van der Waals surface area contributed by atoms with E-state index in [1.165, 1.54) is 23.1 Å². The summed E-state index contributed by atoms with van der Waals surface area (Å²) >= 11 is 6.41. The Labute approximate surface area is 172 Å². The summed E-state index contributed by atoms with van der Waals surface area (Å²) in [5.74, 6) is -1.21. The van der Waals surface area contributed by atoms with Crippen molar-refractivity contribution < 1.29 is 14.0 Å². The molecule has 0 bridgehead atoms. The summed E-state index contributed by atoms with van der Waals surface area (Å²) in [7, 11) is 0. The first-order valence-electron chi connectivity index (χ1n) is 8.46. The van der Waals surface area contributed by atoms with Gasteiger partial charge in [0, 0.05) is 5.69 Å². The summed E-state index contributed by atoms with van der Waals surface area (Å²) in [6, 6.07) is 15.3. The van der Waals surface area contributed by atoms with Crippen LogP contribution in [-0.4, -0.2) is 27.6 Å². The van der Waals surface area contributed by atoms with Crippen molar-refractivity contribution in [2.45, 2.75) is 6.92 Å². The molecule has 0 atom stereocenters. The number of benzene rings is 2. The average molecular weight is 413 g/mol. The Kier molecular flexibility index (Phi) is 6.38. The van der Waals surface area contributed by atoms with Crippen molar-refractivity contribution in [3.63, 3.8) is 0 Å². The minimum atomic E-state index is -0.452. The standard InChI is InChI=1S/C21H17FN2O2S2/c1-14(10-15-6-3-2-4-7-15)11-18-20(26)24(21(27)28-18)13-19(25)23-17-9-5-8-16(22)12-17/h2-12H,13H2,1H3,(H,23,25)/b14-10+,18-11+. The predicted molar refractivity (Wildman–Crippen MR) is 115 cm³/mol. The Balaban J connectivity index is 1.67. The van der Waals surface area contributed by atoms with Crippen LogP contribution in [0.15, 0.2) is 71.2 Å². The van der Waals surface area contributed by atoms with Crippen LogP contribution in [0.3, 0.4) is 0 Å². The molecule has 1 aliphatic heterocycles. The molecule has 142 valence electrons. The van der Waals surface area contributed by atoms with Crippen LogP contribution in [0.4, 0.5) is 10.1 Å². The summed E-state index contributed by atoms with van der Waals surface area (Å²) in [5.41, 5.74) is 2.25. The van der Waals surface area contributed by atoms with Crippen molar-refractivity contribution in [2.24, 2.45) is 0 Å². The molecule has 28 heavy (non-hydrogen) atoms. The van der Waals surface area contributed by atoms with Crippen molar-refractivity contribution in [2.75, 3.05) is 11.9 Å². The maximum absolute atomic E-state index is 13.2. The van der Waals surface area contributed by atoms with E-state index in [1.807, 2.05) is 43.3 Å². The highest BCUT2D eigenvalue weighted by molar-refractivity contribution is 8.26. The number of anilines is 1. The van der Waals surface area contributed by atoms with Crippen LogP contribution in [0.5, 0.6) is 0 Å². The smallest absolute Gasteiger partial charge is 0.266 e. The van der Waals surface area contributed by atoms with E-state index in [4.69, 9.17) is 12.2 Å². The van der Waals surface area contributed by atoms with Gasteiger partial charge >= 0.3 is 0 Å². The highest BCUT2D eigenvalue weighted by atomic mass is 32.2. The molecular formula is C21H17FN2O2S2. The number of rotatable bonds is 5. The fraction of sp³-hybridized carbons (Fsp3) is 0.0952. The van der Waals surface area contributed by atoms with Gasteiger partial charge in [-0.2, -0.15) is 0 Å². The molecule has 4 nitrogen and oxygen atoms in total. The van der Waals surface area contributed by atoms with Gasteiger partial charge < -0.3 is 5.32 Å². The van der Waals surface area contributed by atoms with Gasteiger partial charge in [-0.3, -0.25) is 14.5 Å². The normalized spacial score (nSPS) is 16.0. The Morgan fingerprint density at radius 2 is 1.96 bits per heavy atom. The number of thioether (sulfide) groups is 1. The molecule has 0 aliphatic carbocycles. The number of nitrogens with zero attached hydrogens (tertiary/aromatic N) is 1. The third-order valence-electron chi connectivity index (χ3n) is 3.84. The number of halogens is 1. The molecule has 1 aliphatic rings. The van der Waals surface area contributed by atoms with Crippen molar-refractivity contribution in [1.29, 1.82) is 0 Å². The number of nitrogens with one attached hydrogen (secondary N) is 1. The Hall–Kier alpha value is -2.77. The average Bonchev–Trinajstić information content (AvgIpc) is 2.90. The lowest BCUT2D eigenvalue weighted by molar-refractivity contribution is -0.126. The summed E-state index contributed by atoms with van der Waals surface area (Å²) in [6.45, 7) is 1.68. The first-order chi connectivity index (χ1) is 13.4. The van der Waals surface area contributed by atoms with E-state index < -0.39 is 11.7 Å². The zero-order valence-electron chi connectivity index (χ0n) is 15.0. The Bertz CT molecular complexity index is 987. The molecule has 1 N–H and O–H groups in total. The third-order valence-corrected chi connectivity index (χ3v) is 5.21. The van der Waals surface area contributed by atoms with Crippen molar-refractivity contribution in [3.8, 4) is 0 Å². The number of thiocarbonyl (C=S) groups is 1. The lowest BCUT2D eigenvalue weighted by atomic mass is 10.1. The molecule has 0 spiro atoms. The summed E-state index contributed by atoms with van der Waals surface area (Å²) in [5, 5.41) is 2.57. The fourth-order valence-electron chi connectivity index (χ4n) is 2.61. The van der Waals surface area contributed by atoms with Crippen molar-refractivity contribution in [1.82, 2.24) is 4.90 Å². The SMILES string of the molecule is CC(=C\c1ccccc1)/C=C1/SC(=S)N(CC(=O)Nc2cccc(F)c2)C1=O. The van der Waals surface area contributed by atoms with Gasteiger partial charge in [0.05, 0.1) is 4.91 Å². The second kappa shape index (κ2) is 8.95. The maximum Gasteiger partial charge on any atom is 0.266 e. The van der Waals surface area contributed by atoms with Crippen LogP contribution < -0.4 is 5.32 Å². The van der Waals surface area contributed by atoms with Gasteiger partial charge in [0.15, 0.2) is 0 Å². The minimum Gasteiger partial charge on any atom is -0.324 e. The van der Waals surface area contributed by atoms with E-state index in [-0.39, 0.29) is 12.5 Å². The van der Waals surface area contributed by atoms with Gasteiger partial charge in [0.1, 0.15) is 16.7 Å². The molecule has 1 saturated heterocycles. The van der Waals surface area contributed by atoms with E-state index in [1.54, 1.807) is 12.1 Å². The van der Waals surface area contributed by atoms with Gasteiger partial charge in [0.2, 0.25) is 5.91 Å². The molecule has 7 heteroatoms. The number of carbonyl (C=O) groups is 2. The van der Waals surface area contributed by atoms with Gasteiger partial charge in [-0.1, -0.05) is 66.5 Å². The largest absolute Gasteiger partial charge is 0.324 e. The third kappa shape index (κ3) is 5.15. The van der Waals surface area contributed by atoms with Crippen LogP contribution in [-0.2, 0) is 9.59 Å². The summed E-state index contributed by atoms with van der Waals surface area (Å²) in [6.07, 6.45) is 3.72. The van der Waals surface area contributed by atoms with Crippen molar-refractivity contribution >= 4 is 51.9 Å². The van der Waals surface area contributed by atoms with E-state index in [0.29, 0.717) is 14.9 Å². The fourth-order valence-corrected chi connectivity index (χ4v) is 3.91. The van der Waals surface area contributed by atoms with E-state index in [0.717, 1.165) is 22.9 Å². The predicted octanol–water partition coefficient (Wildman–Crippen LogP) is 4.61. The van der Waals surface area contributed by atoms with Crippen LogP contribution in [0.1, 0.15) is 12.5 Å². The van der Waals surface area contributed by atoms with Gasteiger partial charge in [-0.15, -0.1) is 0 Å². The lowest BCUT2D eigenvalue weighted by Crippen LogP contribution is -2.36. The molecule has 2 aromatic rings. The van der Waals surface area contributed by atoms with Crippen LogP contribution in [0.25, 0.3) is 6.08 Å². The second-order valence-corrected chi connectivity index (χ2v) is 7.80. The Morgan fingerprint density at radius 3 is 2.68 bits per heavy atom. The highest BCUT2D eigenvalue weighted by Gasteiger charge is 2.33. The van der Waals surface area contributed by atoms with Crippen LogP contribution >= 0.6 is 24.0 Å². The topological polar surface area (TPSA) is 49.4 Å². The van der Waals surface area contributed by atoms with Gasteiger partial charge in [-0.25, -0.2) is 4.39 Å². The quantitative estimate of drug-likeness (QED) is 0.575. The summed E-state index contributed by atoms with van der Waals surface area (Å²) < 4.78 is 13.5. The maximum atomic E-state index is 13.2. The number of hydrogen-bond donors (Lipinski definition) is 1. The number of hydrogen-bond acceptors (Lipinski definition) is 4. The van der Waals surface area contributed by atoms with Gasteiger partial charge in [0.25, 0.3) is 5.91 Å². The molecule has 3 rings (SSSR count). The molecule has 0 radical (unpaired) electrons. The lowest BCUT2D eigenvalue weighted by Gasteiger charge is -2.14.